The highest BCUT2D eigenvalue weighted by Gasteiger charge is 2.37. The molecule has 2 aliphatic rings. The van der Waals surface area contributed by atoms with Crippen molar-refractivity contribution >= 4 is 11.8 Å². The Balaban J connectivity index is 1.46. The van der Waals surface area contributed by atoms with Crippen LogP contribution in [-0.4, -0.2) is 30.4 Å². The van der Waals surface area contributed by atoms with Crippen LogP contribution in [0.4, 0.5) is 0 Å². The summed E-state index contributed by atoms with van der Waals surface area (Å²) in [5.74, 6) is 0.353. The van der Waals surface area contributed by atoms with Crippen LogP contribution in [0.1, 0.15) is 48.0 Å². The molecule has 3 atom stereocenters. The van der Waals surface area contributed by atoms with Gasteiger partial charge >= 0.3 is 0 Å². The van der Waals surface area contributed by atoms with Gasteiger partial charge in [-0.3, -0.25) is 9.59 Å². The Morgan fingerprint density at radius 3 is 2.87 bits per heavy atom. The number of amides is 2. The van der Waals surface area contributed by atoms with Gasteiger partial charge in [-0.05, 0) is 49.3 Å². The molecule has 0 spiro atoms. The third-order valence-electron chi connectivity index (χ3n) is 5.10. The third-order valence-corrected chi connectivity index (χ3v) is 5.10. The fourth-order valence-corrected chi connectivity index (χ4v) is 3.85. The van der Waals surface area contributed by atoms with Gasteiger partial charge in [-0.25, -0.2) is 0 Å². The van der Waals surface area contributed by atoms with Gasteiger partial charge in [0.1, 0.15) is 0 Å². The molecule has 5 nitrogen and oxygen atoms in total. The number of primary amides is 1. The van der Waals surface area contributed by atoms with Gasteiger partial charge < -0.3 is 16.4 Å². The number of nitrogens with one attached hydrogen (secondary N) is 2. The van der Waals surface area contributed by atoms with Crippen molar-refractivity contribution in [1.29, 1.82) is 0 Å². The lowest BCUT2D eigenvalue weighted by molar-refractivity contribution is -0.122. The van der Waals surface area contributed by atoms with E-state index in [4.69, 9.17) is 5.73 Å². The Kier molecular flexibility index (Phi) is 4.96. The van der Waals surface area contributed by atoms with Gasteiger partial charge in [0.15, 0.2) is 0 Å². The van der Waals surface area contributed by atoms with E-state index in [1.54, 1.807) is 12.1 Å². The van der Waals surface area contributed by atoms with E-state index in [-0.39, 0.29) is 11.9 Å². The molecule has 23 heavy (non-hydrogen) atoms. The molecule has 0 bridgehead atoms. The van der Waals surface area contributed by atoms with Crippen LogP contribution in [0.3, 0.4) is 0 Å². The summed E-state index contributed by atoms with van der Waals surface area (Å²) in [6.07, 6.45) is 6.70. The quantitative estimate of drug-likeness (QED) is 0.767. The molecular formula is C18H25N3O2. The predicted molar refractivity (Wildman–Crippen MR) is 89.0 cm³/mol. The number of hydrogen-bond donors (Lipinski definition) is 3. The summed E-state index contributed by atoms with van der Waals surface area (Å²) in [7, 11) is 0. The first kappa shape index (κ1) is 16.0. The SMILES string of the molecule is NC(=O)c1cccc(CCNC(=O)C2CC3CCCCC3N2)c1. The van der Waals surface area contributed by atoms with Gasteiger partial charge in [-0.2, -0.15) is 0 Å². The van der Waals surface area contributed by atoms with E-state index in [9.17, 15) is 9.59 Å². The lowest BCUT2D eigenvalue weighted by Crippen LogP contribution is -2.43. The summed E-state index contributed by atoms with van der Waals surface area (Å²) in [5, 5.41) is 6.51. The first-order valence-corrected chi connectivity index (χ1v) is 8.56. The lowest BCUT2D eigenvalue weighted by atomic mass is 9.85. The van der Waals surface area contributed by atoms with E-state index in [0.717, 1.165) is 12.0 Å². The maximum absolute atomic E-state index is 12.3. The van der Waals surface area contributed by atoms with Crippen molar-refractivity contribution in [3.05, 3.63) is 35.4 Å². The topological polar surface area (TPSA) is 84.2 Å². The standard InChI is InChI=1S/C18H25N3O2/c19-17(22)14-6-3-4-12(10-14)8-9-20-18(23)16-11-13-5-1-2-7-15(13)21-16/h3-4,6,10,13,15-16,21H,1-2,5,7-9,11H2,(H2,19,22)(H,20,23). The van der Waals surface area contributed by atoms with Crippen LogP contribution in [0.2, 0.25) is 0 Å². The summed E-state index contributed by atoms with van der Waals surface area (Å²) >= 11 is 0. The van der Waals surface area contributed by atoms with Crippen LogP contribution in [0.25, 0.3) is 0 Å². The fourth-order valence-electron chi connectivity index (χ4n) is 3.85. The van der Waals surface area contributed by atoms with Crippen molar-refractivity contribution < 1.29 is 9.59 Å². The summed E-state index contributed by atoms with van der Waals surface area (Å²) in [6.45, 7) is 0.578. The maximum Gasteiger partial charge on any atom is 0.248 e. The maximum atomic E-state index is 12.3. The van der Waals surface area contributed by atoms with Crippen LogP contribution in [0.5, 0.6) is 0 Å². The summed E-state index contributed by atoms with van der Waals surface area (Å²) in [4.78, 5) is 23.5. The van der Waals surface area contributed by atoms with Gasteiger partial charge in [-0.1, -0.05) is 25.0 Å². The molecule has 3 unspecified atom stereocenters. The van der Waals surface area contributed by atoms with Crippen LogP contribution in [0, 0.1) is 5.92 Å². The molecule has 1 aromatic carbocycles. The van der Waals surface area contributed by atoms with Gasteiger partial charge in [0, 0.05) is 18.2 Å². The Labute approximate surface area is 137 Å². The van der Waals surface area contributed by atoms with E-state index < -0.39 is 5.91 Å². The van der Waals surface area contributed by atoms with Gasteiger partial charge in [0.25, 0.3) is 0 Å². The Morgan fingerprint density at radius 2 is 2.09 bits per heavy atom. The van der Waals surface area contributed by atoms with E-state index in [0.29, 0.717) is 30.5 Å². The van der Waals surface area contributed by atoms with E-state index in [2.05, 4.69) is 10.6 Å². The zero-order valence-corrected chi connectivity index (χ0v) is 13.4. The average Bonchev–Trinajstić information content (AvgIpc) is 2.99. The van der Waals surface area contributed by atoms with E-state index >= 15 is 0 Å². The van der Waals surface area contributed by atoms with Gasteiger partial charge in [0.2, 0.25) is 11.8 Å². The van der Waals surface area contributed by atoms with Gasteiger partial charge in [0.05, 0.1) is 6.04 Å². The Hall–Kier alpha value is -1.88. The van der Waals surface area contributed by atoms with Gasteiger partial charge in [-0.15, -0.1) is 0 Å². The molecule has 1 heterocycles. The summed E-state index contributed by atoms with van der Waals surface area (Å²) in [5.41, 5.74) is 6.80. The normalized spacial score (nSPS) is 26.5. The van der Waals surface area contributed by atoms with Crippen LogP contribution in [-0.2, 0) is 11.2 Å². The smallest absolute Gasteiger partial charge is 0.248 e. The minimum absolute atomic E-state index is 0.0416. The second-order valence-electron chi connectivity index (χ2n) is 6.71. The molecule has 3 rings (SSSR count). The first-order chi connectivity index (χ1) is 11.1. The molecule has 1 aliphatic heterocycles. The molecule has 2 amide bonds. The van der Waals surface area contributed by atoms with Crippen molar-refractivity contribution in [1.82, 2.24) is 10.6 Å². The average molecular weight is 315 g/mol. The summed E-state index contributed by atoms with van der Waals surface area (Å²) in [6, 6.07) is 7.75. The van der Waals surface area contributed by atoms with Crippen molar-refractivity contribution in [3.8, 4) is 0 Å². The molecule has 1 saturated heterocycles. The zero-order valence-electron chi connectivity index (χ0n) is 13.4. The van der Waals surface area contributed by atoms with Crippen molar-refractivity contribution in [2.24, 2.45) is 11.7 Å². The molecule has 2 fully saturated rings. The molecule has 5 heteroatoms. The van der Waals surface area contributed by atoms with E-state index in [1.165, 1.54) is 25.7 Å². The van der Waals surface area contributed by atoms with E-state index in [1.807, 2.05) is 12.1 Å². The van der Waals surface area contributed by atoms with Crippen molar-refractivity contribution in [3.63, 3.8) is 0 Å². The number of rotatable bonds is 5. The third kappa shape index (κ3) is 3.91. The predicted octanol–water partition coefficient (Wildman–Crippen LogP) is 1.36. The molecule has 124 valence electrons. The Morgan fingerprint density at radius 1 is 1.26 bits per heavy atom. The zero-order chi connectivity index (χ0) is 16.2. The number of benzene rings is 1. The molecule has 1 aromatic rings. The van der Waals surface area contributed by atoms with Crippen molar-refractivity contribution in [2.75, 3.05) is 6.54 Å². The molecule has 1 saturated carbocycles. The highest BCUT2D eigenvalue weighted by atomic mass is 16.2. The molecular weight excluding hydrogens is 290 g/mol. The second kappa shape index (κ2) is 7.13. The largest absolute Gasteiger partial charge is 0.366 e. The monoisotopic (exact) mass is 315 g/mol. The molecule has 0 radical (unpaired) electrons. The molecule has 1 aliphatic carbocycles. The number of nitrogens with two attached hydrogens (primary N) is 1. The molecule has 4 N–H and O–H groups in total. The number of hydrogen-bond acceptors (Lipinski definition) is 3. The highest BCUT2D eigenvalue weighted by molar-refractivity contribution is 5.92. The fraction of sp³-hybridized carbons (Fsp3) is 0.556. The number of fused-ring (bicyclic) bond motifs is 1. The Bertz CT molecular complexity index is 573. The summed E-state index contributed by atoms with van der Waals surface area (Å²) < 4.78 is 0. The van der Waals surface area contributed by atoms with Crippen LogP contribution >= 0.6 is 0 Å². The van der Waals surface area contributed by atoms with Crippen LogP contribution in [0.15, 0.2) is 24.3 Å². The van der Waals surface area contributed by atoms with Crippen molar-refractivity contribution in [2.45, 2.75) is 50.6 Å². The minimum Gasteiger partial charge on any atom is -0.366 e. The number of carbonyl (C=O) groups is 2. The molecule has 0 aromatic heterocycles. The first-order valence-electron chi connectivity index (χ1n) is 8.56. The second-order valence-corrected chi connectivity index (χ2v) is 6.71. The van der Waals surface area contributed by atoms with Crippen LogP contribution < -0.4 is 16.4 Å². The minimum atomic E-state index is -0.423. The number of carbonyl (C=O) groups excluding carboxylic acids is 2. The lowest BCUT2D eigenvalue weighted by Gasteiger charge is -2.24. The highest BCUT2D eigenvalue weighted by Crippen LogP contribution is 2.33.